The number of phenols is 1. The van der Waals surface area contributed by atoms with Gasteiger partial charge in [-0.05, 0) is 81.4 Å². The Morgan fingerprint density at radius 3 is 2.68 bits per heavy atom. The molecule has 5 fully saturated rings. The molecule has 5 nitrogen and oxygen atoms in total. The maximum absolute atomic E-state index is 12.3. The van der Waals surface area contributed by atoms with Gasteiger partial charge in [-0.1, -0.05) is 26.8 Å². The molecule has 4 bridgehead atoms. The van der Waals surface area contributed by atoms with Crippen LogP contribution in [0.4, 0.5) is 0 Å². The zero-order chi connectivity index (χ0) is 27.4. The van der Waals surface area contributed by atoms with Crippen LogP contribution in [0, 0.1) is 22.7 Å². The molecule has 4 saturated carbocycles. The van der Waals surface area contributed by atoms with Crippen molar-refractivity contribution in [3.8, 4) is 11.5 Å². The molecule has 8 rings (SSSR count). The van der Waals surface area contributed by atoms with Gasteiger partial charge in [-0.15, -0.1) is 0 Å². The first-order valence-corrected chi connectivity index (χ1v) is 13.2. The van der Waals surface area contributed by atoms with Crippen molar-refractivity contribution >= 4 is 0 Å². The number of hydrogen-bond donors (Lipinski definition) is 2. The van der Waals surface area contributed by atoms with Crippen LogP contribution in [0.3, 0.4) is 0 Å². The lowest BCUT2D eigenvalue weighted by molar-refractivity contribution is -0.312. The van der Waals surface area contributed by atoms with E-state index in [0.29, 0.717) is 38.0 Å². The average molecular weight is 472 g/mol. The molecule has 1 aromatic carbocycles. The highest BCUT2D eigenvalue weighted by Crippen LogP contribution is 2.78. The number of piperidine rings is 1. The van der Waals surface area contributed by atoms with Crippen molar-refractivity contribution in [1.29, 1.82) is 0 Å². The van der Waals surface area contributed by atoms with E-state index >= 15 is 0 Å². The van der Waals surface area contributed by atoms with E-state index in [2.05, 4.69) is 25.7 Å². The third-order valence-electron chi connectivity index (χ3n) is 11.3. The number of rotatable bonds is 4. The van der Waals surface area contributed by atoms with E-state index < -0.39 is 40.0 Å². The normalized spacial score (nSPS) is 46.0. The summed E-state index contributed by atoms with van der Waals surface area (Å²) in [5, 5.41) is 23.4. The maximum atomic E-state index is 12.3. The number of aromatic hydroxyl groups is 1. The summed E-state index contributed by atoms with van der Waals surface area (Å²) >= 11 is 0. The number of likely N-dealkylation sites (tertiary alicyclic amines) is 1. The van der Waals surface area contributed by atoms with Gasteiger partial charge in [0.15, 0.2) is 11.5 Å². The van der Waals surface area contributed by atoms with Crippen molar-refractivity contribution in [1.82, 2.24) is 4.90 Å². The lowest BCUT2D eigenvalue weighted by Gasteiger charge is -2.75. The second-order valence-corrected chi connectivity index (χ2v) is 13.3. The number of aliphatic hydroxyl groups is 1. The summed E-state index contributed by atoms with van der Waals surface area (Å²) in [6.07, 6.45) is 4.56. The SMILES string of the molecule is [2H]c1c([2H])c2c3c(c1O)O[C@H]1[C@@]4(OC)CC[C@@]5(C[C@@H]4[C@](C)(O)C(C)(C)C)[C@@H](C2)N(C([2H])([2H])C2CC2)CC[C@]315. The van der Waals surface area contributed by atoms with E-state index in [4.69, 9.17) is 12.2 Å². The molecule has 0 unspecified atom stereocenters. The Morgan fingerprint density at radius 1 is 1.24 bits per heavy atom. The molecule has 5 aliphatic carbocycles. The molecule has 7 aliphatic rings. The van der Waals surface area contributed by atoms with Crippen LogP contribution in [-0.4, -0.2) is 58.6 Å². The summed E-state index contributed by atoms with van der Waals surface area (Å²) in [6, 6.07) is -0.376. The summed E-state index contributed by atoms with van der Waals surface area (Å²) in [7, 11) is 1.71. The van der Waals surface area contributed by atoms with E-state index in [0.717, 1.165) is 30.4 Å². The molecule has 186 valence electrons. The summed E-state index contributed by atoms with van der Waals surface area (Å²) in [4.78, 5) is 2.10. The van der Waals surface area contributed by atoms with Crippen molar-refractivity contribution in [2.75, 3.05) is 20.2 Å². The van der Waals surface area contributed by atoms with Crippen LogP contribution in [-0.2, 0) is 16.6 Å². The third kappa shape index (κ3) is 2.25. The Kier molecular flexibility index (Phi) is 3.36. The Labute approximate surface area is 209 Å². The Hall–Kier alpha value is -1.30. The number of fused-ring (bicyclic) bond motifs is 2. The van der Waals surface area contributed by atoms with E-state index in [9.17, 15) is 13.0 Å². The monoisotopic (exact) mass is 471 g/mol. The van der Waals surface area contributed by atoms with Crippen molar-refractivity contribution in [2.45, 2.75) is 101 Å². The van der Waals surface area contributed by atoms with Gasteiger partial charge in [-0.25, -0.2) is 0 Å². The van der Waals surface area contributed by atoms with Crippen LogP contribution in [0.1, 0.15) is 82.8 Å². The van der Waals surface area contributed by atoms with E-state index in [1.807, 2.05) is 6.92 Å². The molecule has 2 heterocycles. The summed E-state index contributed by atoms with van der Waals surface area (Å²) in [5.41, 5.74) is -1.72. The first-order chi connectivity index (χ1) is 17.6. The molecule has 0 aromatic heterocycles. The van der Waals surface area contributed by atoms with Gasteiger partial charge in [-0.2, -0.15) is 0 Å². The fourth-order valence-corrected chi connectivity index (χ4v) is 9.08. The second-order valence-electron chi connectivity index (χ2n) is 13.3. The molecule has 0 amide bonds. The topological polar surface area (TPSA) is 62.2 Å². The van der Waals surface area contributed by atoms with Gasteiger partial charge >= 0.3 is 0 Å². The van der Waals surface area contributed by atoms with Gasteiger partial charge in [0, 0.05) is 44.7 Å². The fourth-order valence-electron chi connectivity index (χ4n) is 9.08. The highest BCUT2D eigenvalue weighted by atomic mass is 16.6. The lowest BCUT2D eigenvalue weighted by Crippen LogP contribution is -2.83. The van der Waals surface area contributed by atoms with Gasteiger partial charge in [0.1, 0.15) is 11.7 Å². The van der Waals surface area contributed by atoms with Crippen molar-refractivity contribution in [3.05, 3.63) is 23.2 Å². The number of hydrogen-bond acceptors (Lipinski definition) is 5. The van der Waals surface area contributed by atoms with Crippen LogP contribution in [0.5, 0.6) is 11.5 Å². The summed E-state index contributed by atoms with van der Waals surface area (Å²) in [6.45, 7) is 7.20. The van der Waals surface area contributed by atoms with Gasteiger partial charge in [-0.3, -0.25) is 4.90 Å². The van der Waals surface area contributed by atoms with Crippen LogP contribution >= 0.6 is 0 Å². The molecular formula is C29H41NO4. The minimum Gasteiger partial charge on any atom is -0.504 e. The molecule has 7 atom stereocenters. The highest BCUT2D eigenvalue weighted by molar-refractivity contribution is 5.63. The van der Waals surface area contributed by atoms with E-state index in [-0.39, 0.29) is 35.7 Å². The van der Waals surface area contributed by atoms with Crippen LogP contribution in [0.15, 0.2) is 12.1 Å². The number of benzene rings is 1. The zero-order valence-corrected chi connectivity index (χ0v) is 21.1. The van der Waals surface area contributed by atoms with Gasteiger partial charge in [0.25, 0.3) is 0 Å². The second kappa shape index (κ2) is 6.33. The first kappa shape index (κ1) is 18.0. The maximum Gasteiger partial charge on any atom is 0.165 e. The molecule has 34 heavy (non-hydrogen) atoms. The molecule has 0 radical (unpaired) electrons. The molecule has 1 saturated heterocycles. The van der Waals surface area contributed by atoms with E-state index in [1.165, 1.54) is 0 Å². The Morgan fingerprint density at radius 2 is 2.00 bits per heavy atom. The number of phenolic OH excluding ortho intramolecular Hbond substituents is 1. The third-order valence-corrected chi connectivity index (χ3v) is 11.3. The number of methoxy groups -OCH3 is 1. The molecular weight excluding hydrogens is 426 g/mol. The molecule has 2 aliphatic heterocycles. The van der Waals surface area contributed by atoms with Crippen molar-refractivity contribution in [3.63, 3.8) is 0 Å². The zero-order valence-electron chi connectivity index (χ0n) is 25.1. The average Bonchev–Trinajstić information content (AvgIpc) is 3.65. The summed E-state index contributed by atoms with van der Waals surface area (Å²) in [5.74, 6) is -0.204. The van der Waals surface area contributed by atoms with E-state index in [1.54, 1.807) is 7.11 Å². The predicted octanol–water partition coefficient (Wildman–Crippen LogP) is 4.41. The lowest BCUT2D eigenvalue weighted by atomic mass is 9.33. The van der Waals surface area contributed by atoms with Gasteiger partial charge < -0.3 is 19.7 Å². The highest BCUT2D eigenvalue weighted by Gasteiger charge is 2.82. The number of nitrogens with zero attached hydrogens (tertiary/aromatic N) is 1. The quantitative estimate of drug-likeness (QED) is 0.681. The van der Waals surface area contributed by atoms with Crippen LogP contribution in [0.2, 0.25) is 0 Å². The molecule has 1 aromatic rings. The van der Waals surface area contributed by atoms with Crippen LogP contribution in [0.25, 0.3) is 0 Å². The molecule has 2 spiro atoms. The predicted molar refractivity (Wildman–Crippen MR) is 130 cm³/mol. The minimum absolute atomic E-state index is 0.0151. The van der Waals surface area contributed by atoms with Gasteiger partial charge in [0.05, 0.1) is 8.34 Å². The fraction of sp³-hybridized carbons (Fsp3) is 0.793. The van der Waals surface area contributed by atoms with Gasteiger partial charge in [0.2, 0.25) is 0 Å². The molecule has 5 heteroatoms. The minimum atomic E-state index is -1.45. The van der Waals surface area contributed by atoms with Crippen molar-refractivity contribution in [2.24, 2.45) is 22.7 Å². The largest absolute Gasteiger partial charge is 0.504 e. The molecule has 2 N–H and O–H groups in total. The first-order valence-electron chi connectivity index (χ1n) is 15.2. The standard InChI is InChI=1S/C29H41NO4/c1-25(2,3)26(4,32)20-15-27-10-11-29(20,33-5)24-28(27)12-13-30(16-17-6-7-17)21(27)14-18-8-9-19(31)23(34-24)22(18)28/h8-9,17,20-21,24,31-32H,6-7,10-16H2,1-5H3/t20-,21-,24-,26+,27-,28+,29-/m1/s1/i8D,9D,16D2. The Bertz CT molecular complexity index is 1240. The smallest absolute Gasteiger partial charge is 0.165 e. The van der Waals surface area contributed by atoms with Crippen molar-refractivity contribution < 1.29 is 25.2 Å². The number of ether oxygens (including phenoxy) is 2. The van der Waals surface area contributed by atoms with Crippen LogP contribution < -0.4 is 4.74 Å². The Balaban J connectivity index is 1.52. The summed E-state index contributed by atoms with van der Waals surface area (Å²) < 4.78 is 49.2.